The van der Waals surface area contributed by atoms with E-state index in [1.807, 2.05) is 0 Å². The number of hydrogen-bond donors (Lipinski definition) is 2. The first-order valence-corrected chi connectivity index (χ1v) is 6.90. The number of benzene rings is 1. The third-order valence-electron chi connectivity index (χ3n) is 3.19. The van der Waals surface area contributed by atoms with Crippen molar-refractivity contribution in [2.75, 3.05) is 26.9 Å². The van der Waals surface area contributed by atoms with Crippen LogP contribution in [-0.2, 0) is 22.3 Å². The predicted octanol–water partition coefficient (Wildman–Crippen LogP) is 1.68. The highest BCUT2D eigenvalue weighted by molar-refractivity contribution is 5.23. The molecule has 0 radical (unpaired) electrons. The van der Waals surface area contributed by atoms with E-state index in [0.29, 0.717) is 19.8 Å². The van der Waals surface area contributed by atoms with Crippen LogP contribution in [0, 0.1) is 0 Å². The van der Waals surface area contributed by atoms with Crippen LogP contribution in [-0.4, -0.2) is 33.0 Å². The van der Waals surface area contributed by atoms with Gasteiger partial charge in [0.25, 0.3) is 0 Å². The minimum Gasteiger partial charge on any atom is -0.382 e. The number of aryl methyl sites for hydroxylation is 1. The molecule has 0 saturated carbocycles. The average molecular weight is 266 g/mol. The molecular formula is C15H26N2O2. The summed E-state index contributed by atoms with van der Waals surface area (Å²) >= 11 is 0. The standard InChI is InChI=1S/C15H26N2O2/c1-3-13-4-6-14(7-5-13)12-15(17-16)8-9-19-11-10-18-2/h4-7,15,17H,3,8-12,16H2,1-2H3. The summed E-state index contributed by atoms with van der Waals surface area (Å²) in [5.41, 5.74) is 5.53. The molecule has 1 atom stereocenters. The van der Waals surface area contributed by atoms with Crippen LogP contribution in [0.1, 0.15) is 24.5 Å². The van der Waals surface area contributed by atoms with E-state index in [1.54, 1.807) is 7.11 Å². The Morgan fingerprint density at radius 1 is 1.11 bits per heavy atom. The molecule has 3 N–H and O–H groups in total. The summed E-state index contributed by atoms with van der Waals surface area (Å²) in [6, 6.07) is 8.95. The topological polar surface area (TPSA) is 56.5 Å². The van der Waals surface area contributed by atoms with E-state index in [1.165, 1.54) is 11.1 Å². The first-order chi connectivity index (χ1) is 9.30. The first kappa shape index (κ1) is 16.1. The normalized spacial score (nSPS) is 12.6. The zero-order valence-corrected chi connectivity index (χ0v) is 12.0. The molecule has 1 aromatic rings. The second kappa shape index (κ2) is 9.92. The van der Waals surface area contributed by atoms with E-state index >= 15 is 0 Å². The quantitative estimate of drug-likeness (QED) is 0.384. The van der Waals surface area contributed by atoms with Gasteiger partial charge in [0.05, 0.1) is 13.2 Å². The molecule has 0 saturated heterocycles. The maximum absolute atomic E-state index is 5.59. The summed E-state index contributed by atoms with van der Waals surface area (Å²) in [4.78, 5) is 0. The van der Waals surface area contributed by atoms with E-state index in [2.05, 4.69) is 36.6 Å². The van der Waals surface area contributed by atoms with Gasteiger partial charge in [-0.25, -0.2) is 0 Å². The highest BCUT2D eigenvalue weighted by Gasteiger charge is 2.07. The SMILES string of the molecule is CCc1ccc(CC(CCOCCOC)NN)cc1. The largest absolute Gasteiger partial charge is 0.382 e. The molecule has 4 nitrogen and oxygen atoms in total. The predicted molar refractivity (Wildman–Crippen MR) is 77.9 cm³/mol. The van der Waals surface area contributed by atoms with E-state index in [-0.39, 0.29) is 6.04 Å². The van der Waals surface area contributed by atoms with Gasteiger partial charge in [-0.3, -0.25) is 11.3 Å². The first-order valence-electron chi connectivity index (χ1n) is 6.90. The van der Waals surface area contributed by atoms with E-state index in [4.69, 9.17) is 15.3 Å². The van der Waals surface area contributed by atoms with Crippen molar-refractivity contribution in [2.24, 2.45) is 5.84 Å². The zero-order valence-electron chi connectivity index (χ0n) is 12.0. The Bertz CT molecular complexity index is 327. The van der Waals surface area contributed by atoms with Gasteiger partial charge in [-0.05, 0) is 30.4 Å². The average Bonchev–Trinajstić information content (AvgIpc) is 2.46. The second-order valence-corrected chi connectivity index (χ2v) is 4.63. The summed E-state index contributed by atoms with van der Waals surface area (Å²) in [6.45, 7) is 4.14. The summed E-state index contributed by atoms with van der Waals surface area (Å²) in [6.07, 6.45) is 2.90. The Labute approximate surface area is 116 Å². The molecule has 0 fully saturated rings. The highest BCUT2D eigenvalue weighted by Crippen LogP contribution is 2.09. The lowest BCUT2D eigenvalue weighted by molar-refractivity contribution is 0.0658. The lowest BCUT2D eigenvalue weighted by Gasteiger charge is -2.16. The lowest BCUT2D eigenvalue weighted by atomic mass is 10.0. The molecule has 1 aromatic carbocycles. The number of ether oxygens (including phenoxy) is 2. The number of rotatable bonds is 10. The lowest BCUT2D eigenvalue weighted by Crippen LogP contribution is -2.37. The molecule has 0 aliphatic rings. The van der Waals surface area contributed by atoms with Crippen molar-refractivity contribution < 1.29 is 9.47 Å². The van der Waals surface area contributed by atoms with E-state index < -0.39 is 0 Å². The molecule has 0 heterocycles. The number of hydrazine groups is 1. The third kappa shape index (κ3) is 6.68. The van der Waals surface area contributed by atoms with Crippen LogP contribution in [0.25, 0.3) is 0 Å². The molecule has 0 spiro atoms. The molecule has 0 aliphatic heterocycles. The Morgan fingerprint density at radius 2 is 1.79 bits per heavy atom. The molecule has 0 amide bonds. The summed E-state index contributed by atoms with van der Waals surface area (Å²) in [5.74, 6) is 5.59. The van der Waals surface area contributed by atoms with Crippen molar-refractivity contribution in [3.8, 4) is 0 Å². The number of hydrogen-bond acceptors (Lipinski definition) is 4. The van der Waals surface area contributed by atoms with Gasteiger partial charge in [0.1, 0.15) is 0 Å². The molecule has 1 rings (SSSR count). The maximum Gasteiger partial charge on any atom is 0.0700 e. The van der Waals surface area contributed by atoms with Gasteiger partial charge >= 0.3 is 0 Å². The Hall–Kier alpha value is -0.940. The number of nitrogens with two attached hydrogens (primary N) is 1. The van der Waals surface area contributed by atoms with Crippen molar-refractivity contribution in [3.63, 3.8) is 0 Å². The monoisotopic (exact) mass is 266 g/mol. The van der Waals surface area contributed by atoms with Gasteiger partial charge in [-0.2, -0.15) is 0 Å². The van der Waals surface area contributed by atoms with Crippen molar-refractivity contribution in [2.45, 2.75) is 32.2 Å². The van der Waals surface area contributed by atoms with Crippen molar-refractivity contribution >= 4 is 0 Å². The molecule has 108 valence electrons. The Balaban J connectivity index is 2.30. The Morgan fingerprint density at radius 3 is 2.37 bits per heavy atom. The molecule has 0 bridgehead atoms. The van der Waals surface area contributed by atoms with Gasteiger partial charge in [-0.1, -0.05) is 31.2 Å². The Kier molecular flexibility index (Phi) is 8.41. The van der Waals surface area contributed by atoms with Crippen molar-refractivity contribution in [3.05, 3.63) is 35.4 Å². The summed E-state index contributed by atoms with van der Waals surface area (Å²) in [5, 5.41) is 0. The number of nitrogens with one attached hydrogen (secondary N) is 1. The smallest absolute Gasteiger partial charge is 0.0700 e. The molecule has 0 aromatic heterocycles. The second-order valence-electron chi connectivity index (χ2n) is 4.63. The molecule has 1 unspecified atom stereocenters. The molecule has 0 aliphatic carbocycles. The zero-order chi connectivity index (χ0) is 13.9. The maximum atomic E-state index is 5.59. The van der Waals surface area contributed by atoms with Gasteiger partial charge in [-0.15, -0.1) is 0 Å². The van der Waals surface area contributed by atoms with Crippen LogP contribution in [0.4, 0.5) is 0 Å². The van der Waals surface area contributed by atoms with E-state index in [0.717, 1.165) is 19.3 Å². The van der Waals surface area contributed by atoms with Crippen LogP contribution in [0.3, 0.4) is 0 Å². The van der Waals surface area contributed by atoms with Crippen LogP contribution in [0.2, 0.25) is 0 Å². The fraction of sp³-hybridized carbons (Fsp3) is 0.600. The minimum absolute atomic E-state index is 0.245. The molecule has 19 heavy (non-hydrogen) atoms. The fourth-order valence-corrected chi connectivity index (χ4v) is 1.91. The summed E-state index contributed by atoms with van der Waals surface area (Å²) < 4.78 is 10.4. The van der Waals surface area contributed by atoms with Crippen LogP contribution < -0.4 is 11.3 Å². The van der Waals surface area contributed by atoms with Gasteiger partial charge in [0.15, 0.2) is 0 Å². The van der Waals surface area contributed by atoms with Crippen molar-refractivity contribution in [1.82, 2.24) is 5.43 Å². The van der Waals surface area contributed by atoms with E-state index in [9.17, 15) is 0 Å². The van der Waals surface area contributed by atoms with Crippen LogP contribution in [0.15, 0.2) is 24.3 Å². The van der Waals surface area contributed by atoms with Crippen molar-refractivity contribution in [1.29, 1.82) is 0 Å². The van der Waals surface area contributed by atoms with Gasteiger partial charge in [0, 0.05) is 19.8 Å². The number of methoxy groups -OCH3 is 1. The summed E-state index contributed by atoms with van der Waals surface area (Å²) in [7, 11) is 1.67. The molecular weight excluding hydrogens is 240 g/mol. The molecule has 4 heteroatoms. The minimum atomic E-state index is 0.245. The fourth-order valence-electron chi connectivity index (χ4n) is 1.91. The van der Waals surface area contributed by atoms with Crippen LogP contribution >= 0.6 is 0 Å². The van der Waals surface area contributed by atoms with Gasteiger partial charge in [0.2, 0.25) is 0 Å². The van der Waals surface area contributed by atoms with Gasteiger partial charge < -0.3 is 9.47 Å². The highest BCUT2D eigenvalue weighted by atomic mass is 16.5. The third-order valence-corrected chi connectivity index (χ3v) is 3.19. The van der Waals surface area contributed by atoms with Crippen LogP contribution in [0.5, 0.6) is 0 Å².